The van der Waals surface area contributed by atoms with Crippen molar-refractivity contribution in [2.75, 3.05) is 0 Å². The fourth-order valence-corrected chi connectivity index (χ4v) is 11.2. The monoisotopic (exact) mass is 878 g/mol. The molecule has 0 aliphatic carbocycles. The number of aromatic nitrogens is 3. The highest BCUT2D eigenvalue weighted by molar-refractivity contribution is 6.99. The summed E-state index contributed by atoms with van der Waals surface area (Å²) in [5.74, 6) is 3.58. The van der Waals surface area contributed by atoms with Gasteiger partial charge in [0.25, 0.3) is 6.71 Å². The summed E-state index contributed by atoms with van der Waals surface area (Å²) in [6, 6.07) is 48.3. The van der Waals surface area contributed by atoms with E-state index in [1.165, 1.54) is 77.3 Å². The average molecular weight is 878 g/mol. The Kier molecular flexibility index (Phi) is 9.74. The molecule has 0 fully saturated rings. The van der Waals surface area contributed by atoms with Crippen LogP contribution in [0.1, 0.15) is 135 Å². The van der Waals surface area contributed by atoms with Crippen molar-refractivity contribution in [3.8, 4) is 39.7 Å². The van der Waals surface area contributed by atoms with Crippen LogP contribution in [0.4, 0.5) is 0 Å². The molecule has 0 radical (unpaired) electrons. The highest BCUT2D eigenvalue weighted by Gasteiger charge is 2.42. The molecule has 4 nitrogen and oxygen atoms in total. The molecule has 9 aromatic rings. The fraction of sp³-hybridized carbons (Fsp3) is 0.306. The molecule has 0 saturated carbocycles. The van der Waals surface area contributed by atoms with Crippen LogP contribution in [0.25, 0.3) is 61.0 Å². The lowest BCUT2D eigenvalue weighted by atomic mass is 9.34. The summed E-state index contributed by atoms with van der Waals surface area (Å²) in [5.41, 5.74) is 21.1. The Bertz CT molecular complexity index is 3440. The summed E-state index contributed by atoms with van der Waals surface area (Å²) < 4.78 is 12.4. The van der Waals surface area contributed by atoms with Crippen LogP contribution in [0.15, 0.2) is 127 Å². The van der Waals surface area contributed by atoms with Crippen molar-refractivity contribution in [3.05, 3.63) is 161 Å². The fourth-order valence-electron chi connectivity index (χ4n) is 11.2. The van der Waals surface area contributed by atoms with Gasteiger partial charge in [-0.25, -0.2) is 4.98 Å². The van der Waals surface area contributed by atoms with Crippen LogP contribution in [-0.2, 0) is 22.8 Å². The van der Waals surface area contributed by atoms with E-state index in [1.807, 2.05) is 0 Å². The van der Waals surface area contributed by atoms with Crippen LogP contribution < -0.4 is 21.1 Å². The van der Waals surface area contributed by atoms with Gasteiger partial charge in [0.2, 0.25) is 0 Å². The second kappa shape index (κ2) is 15.1. The third-order valence-electron chi connectivity index (χ3n) is 14.9. The van der Waals surface area contributed by atoms with Crippen LogP contribution in [0, 0.1) is 0 Å². The van der Waals surface area contributed by atoms with E-state index in [2.05, 4.69) is 227 Å². The summed E-state index contributed by atoms with van der Waals surface area (Å²) in [6.07, 6.45) is 0. The van der Waals surface area contributed by atoms with Gasteiger partial charge in [0.15, 0.2) is 0 Å². The standard InChI is InChI=1S/C62H64BN3O/c1-36(2)43-21-17-22-44(37(3)4)48(43)35-65-58-45(23-18-24-51(58)64-59(65)38-19-15-14-16-20-38)39-29-53-56-55(30-39)67-54-28-26-41(61(8,9)10)33-49(54)63(56)50-34-42(62(11,12)13)32-47-46-31-40(60(5,6)7)25-27-52(46)66(53)57(47)50/h14-34,36-37H,35H2,1-13H3. The Hall–Kier alpha value is -6.33. The molecule has 2 aliphatic heterocycles. The molecule has 0 N–H and O–H groups in total. The van der Waals surface area contributed by atoms with E-state index in [9.17, 15) is 0 Å². The predicted octanol–water partition coefficient (Wildman–Crippen LogP) is 14.6. The third kappa shape index (κ3) is 6.89. The third-order valence-corrected chi connectivity index (χ3v) is 14.9. The zero-order valence-corrected chi connectivity index (χ0v) is 41.8. The van der Waals surface area contributed by atoms with Crippen LogP contribution in [0.5, 0.6) is 11.5 Å². The molecule has 4 heterocycles. The zero-order chi connectivity index (χ0) is 47.1. The number of fused-ring (bicyclic) bond motifs is 8. The topological polar surface area (TPSA) is 32.0 Å². The Morgan fingerprint density at radius 2 is 1.18 bits per heavy atom. The number of benzene rings is 7. The van der Waals surface area contributed by atoms with Crippen LogP contribution >= 0.6 is 0 Å². The molecule has 7 aromatic carbocycles. The van der Waals surface area contributed by atoms with Crippen molar-refractivity contribution in [3.63, 3.8) is 0 Å². The molecule has 336 valence electrons. The van der Waals surface area contributed by atoms with Crippen LogP contribution in [0.2, 0.25) is 0 Å². The molecule has 0 saturated heterocycles. The Labute approximate surface area is 398 Å². The van der Waals surface area contributed by atoms with Crippen molar-refractivity contribution in [2.45, 2.75) is 125 Å². The van der Waals surface area contributed by atoms with Gasteiger partial charge in [-0.2, -0.15) is 0 Å². The lowest BCUT2D eigenvalue weighted by molar-refractivity contribution is 0.486. The molecule has 0 spiro atoms. The SMILES string of the molecule is CC(C)c1cccc(C(C)C)c1Cn1c(-c2ccccc2)nc2cccc(-c3cc4c5c(c3)-n3c6ccc(C(C)(C)C)cc6c6cc(C(C)(C)C)cc(c63)B5c3cc(C(C)(C)C)ccc3O4)c21. The highest BCUT2D eigenvalue weighted by Crippen LogP contribution is 2.44. The van der Waals surface area contributed by atoms with Crippen molar-refractivity contribution < 1.29 is 4.74 Å². The summed E-state index contributed by atoms with van der Waals surface area (Å²) in [7, 11) is 0. The van der Waals surface area contributed by atoms with E-state index >= 15 is 0 Å². The number of ether oxygens (including phenoxy) is 1. The van der Waals surface area contributed by atoms with E-state index in [0.717, 1.165) is 45.0 Å². The number of rotatable bonds is 6. The quantitative estimate of drug-likeness (QED) is 0.156. The number of nitrogens with zero attached hydrogens (tertiary/aromatic N) is 3. The van der Waals surface area contributed by atoms with Gasteiger partial charge in [0, 0.05) is 33.1 Å². The summed E-state index contributed by atoms with van der Waals surface area (Å²) in [5, 5.41) is 2.62. The van der Waals surface area contributed by atoms with Gasteiger partial charge in [0.1, 0.15) is 17.3 Å². The minimum Gasteiger partial charge on any atom is -0.458 e. The first kappa shape index (κ1) is 43.3. The maximum absolute atomic E-state index is 7.28. The van der Waals surface area contributed by atoms with Gasteiger partial charge in [-0.15, -0.1) is 0 Å². The molecule has 0 bridgehead atoms. The summed E-state index contributed by atoms with van der Waals surface area (Å²) in [4.78, 5) is 5.50. The molecule has 11 rings (SSSR count). The molecule has 2 aromatic heterocycles. The van der Waals surface area contributed by atoms with E-state index in [-0.39, 0.29) is 23.0 Å². The number of imidazole rings is 1. The molecular weight excluding hydrogens is 814 g/mol. The van der Waals surface area contributed by atoms with Crippen molar-refractivity contribution in [2.24, 2.45) is 0 Å². The Morgan fingerprint density at radius 1 is 0.552 bits per heavy atom. The minimum atomic E-state index is -0.0547. The second-order valence-electron chi connectivity index (χ2n) is 23.3. The molecular formula is C62H64BN3O. The molecule has 0 unspecified atom stereocenters. The molecule has 67 heavy (non-hydrogen) atoms. The van der Waals surface area contributed by atoms with Crippen LogP contribution in [-0.4, -0.2) is 20.8 Å². The highest BCUT2D eigenvalue weighted by atomic mass is 16.5. The largest absolute Gasteiger partial charge is 0.458 e. The zero-order valence-electron chi connectivity index (χ0n) is 41.8. The van der Waals surface area contributed by atoms with Gasteiger partial charge >= 0.3 is 0 Å². The van der Waals surface area contributed by atoms with Gasteiger partial charge < -0.3 is 13.9 Å². The minimum absolute atomic E-state index is 0.00104. The maximum Gasteiger partial charge on any atom is 0.256 e. The predicted molar refractivity (Wildman–Crippen MR) is 286 cm³/mol. The van der Waals surface area contributed by atoms with E-state index in [4.69, 9.17) is 9.72 Å². The molecule has 0 atom stereocenters. The first-order chi connectivity index (χ1) is 31.8. The second-order valence-corrected chi connectivity index (χ2v) is 23.3. The van der Waals surface area contributed by atoms with Gasteiger partial charge in [-0.1, -0.05) is 175 Å². The molecule has 5 heteroatoms. The first-order valence-electron chi connectivity index (χ1n) is 24.6. The van der Waals surface area contributed by atoms with Gasteiger partial charge in [0.05, 0.1) is 23.1 Å². The lowest BCUT2D eigenvalue weighted by Gasteiger charge is -2.35. The van der Waals surface area contributed by atoms with Gasteiger partial charge in [-0.05, 0) is 126 Å². The van der Waals surface area contributed by atoms with Crippen molar-refractivity contribution in [1.29, 1.82) is 0 Å². The smallest absolute Gasteiger partial charge is 0.256 e. The number of hydrogen-bond donors (Lipinski definition) is 0. The average Bonchev–Trinajstić information content (AvgIpc) is 3.82. The van der Waals surface area contributed by atoms with E-state index in [1.54, 1.807) is 0 Å². The number of para-hydroxylation sites is 1. The Balaban J connectivity index is 1.25. The lowest BCUT2D eigenvalue weighted by Crippen LogP contribution is -2.58. The first-order valence-corrected chi connectivity index (χ1v) is 24.6. The van der Waals surface area contributed by atoms with Gasteiger partial charge in [-0.3, -0.25) is 0 Å². The van der Waals surface area contributed by atoms with Crippen molar-refractivity contribution >= 4 is 55.9 Å². The van der Waals surface area contributed by atoms with E-state index < -0.39 is 0 Å². The summed E-state index contributed by atoms with van der Waals surface area (Å²) in [6.45, 7) is 30.9. The maximum atomic E-state index is 7.28. The van der Waals surface area contributed by atoms with Crippen molar-refractivity contribution in [1.82, 2.24) is 14.1 Å². The molecule has 2 aliphatic rings. The van der Waals surface area contributed by atoms with Crippen LogP contribution in [0.3, 0.4) is 0 Å². The number of hydrogen-bond acceptors (Lipinski definition) is 2. The Morgan fingerprint density at radius 3 is 1.85 bits per heavy atom. The van der Waals surface area contributed by atoms with E-state index in [0.29, 0.717) is 18.4 Å². The summed E-state index contributed by atoms with van der Waals surface area (Å²) >= 11 is 0. The normalized spacial score (nSPS) is 13.6. The molecule has 0 amide bonds.